The summed E-state index contributed by atoms with van der Waals surface area (Å²) in [5, 5.41) is 5.91. The molecule has 0 radical (unpaired) electrons. The number of amides is 1. The lowest BCUT2D eigenvalue weighted by Gasteiger charge is -2.16. The third kappa shape index (κ3) is 4.38. The van der Waals surface area contributed by atoms with Crippen molar-refractivity contribution >= 4 is 11.7 Å². The topological polar surface area (TPSA) is 66.9 Å². The molecule has 1 unspecified atom stereocenters. The number of carbonyl (C=O) groups is 1. The number of rotatable bonds is 4. The van der Waals surface area contributed by atoms with E-state index in [0.717, 1.165) is 5.69 Å². The molecule has 1 atom stereocenters. The first kappa shape index (κ1) is 13.4. The van der Waals surface area contributed by atoms with Crippen molar-refractivity contribution in [3.63, 3.8) is 0 Å². The molecule has 1 heterocycles. The largest absolute Gasteiger partial charge is 0.359 e. The molecule has 0 saturated carbocycles. The minimum absolute atomic E-state index is 0.0334. The Morgan fingerprint density at radius 2 is 1.88 bits per heavy atom. The van der Waals surface area contributed by atoms with Crippen molar-refractivity contribution in [2.75, 3.05) is 5.32 Å². The second kappa shape index (κ2) is 5.61. The van der Waals surface area contributed by atoms with E-state index in [0.29, 0.717) is 11.6 Å². The summed E-state index contributed by atoms with van der Waals surface area (Å²) >= 11 is 0. The van der Waals surface area contributed by atoms with E-state index >= 15 is 0 Å². The van der Waals surface area contributed by atoms with Crippen LogP contribution in [0.1, 0.15) is 32.3 Å². The summed E-state index contributed by atoms with van der Waals surface area (Å²) in [7, 11) is 0. The SMILES string of the molecule is Cc1cc(NC(C)C(=O)NC(C)C)nc(C)n1. The van der Waals surface area contributed by atoms with Gasteiger partial charge in [0.05, 0.1) is 0 Å². The van der Waals surface area contributed by atoms with E-state index in [1.165, 1.54) is 0 Å². The minimum Gasteiger partial charge on any atom is -0.359 e. The summed E-state index contributed by atoms with van der Waals surface area (Å²) in [5.74, 6) is 1.35. The highest BCUT2D eigenvalue weighted by atomic mass is 16.2. The highest BCUT2D eigenvalue weighted by Crippen LogP contribution is 2.07. The molecular formula is C12H20N4O. The Morgan fingerprint density at radius 3 is 2.41 bits per heavy atom. The normalized spacial score (nSPS) is 12.4. The second-order valence-corrected chi connectivity index (χ2v) is 4.47. The maximum Gasteiger partial charge on any atom is 0.242 e. The van der Waals surface area contributed by atoms with E-state index in [4.69, 9.17) is 0 Å². The molecule has 0 aliphatic heterocycles. The fourth-order valence-electron chi connectivity index (χ4n) is 1.49. The fraction of sp³-hybridized carbons (Fsp3) is 0.583. The first-order chi connectivity index (χ1) is 7.88. The average molecular weight is 236 g/mol. The monoisotopic (exact) mass is 236 g/mol. The van der Waals surface area contributed by atoms with E-state index in [1.54, 1.807) is 0 Å². The predicted octanol–water partition coefficient (Wildman–Crippen LogP) is 1.42. The fourth-order valence-corrected chi connectivity index (χ4v) is 1.49. The first-order valence-corrected chi connectivity index (χ1v) is 5.77. The highest BCUT2D eigenvalue weighted by molar-refractivity contribution is 5.84. The Bertz CT molecular complexity index is 383. The Balaban J connectivity index is 2.67. The van der Waals surface area contributed by atoms with Crippen LogP contribution in [0.25, 0.3) is 0 Å². The third-order valence-corrected chi connectivity index (χ3v) is 2.15. The number of hydrogen-bond acceptors (Lipinski definition) is 4. The molecule has 0 aromatic carbocycles. The van der Waals surface area contributed by atoms with Gasteiger partial charge in [0.1, 0.15) is 17.7 Å². The molecule has 2 N–H and O–H groups in total. The molecule has 1 aromatic heterocycles. The van der Waals surface area contributed by atoms with E-state index in [9.17, 15) is 4.79 Å². The number of aryl methyl sites for hydroxylation is 2. The number of aromatic nitrogens is 2. The maximum absolute atomic E-state index is 11.7. The van der Waals surface area contributed by atoms with Crippen LogP contribution in [0.2, 0.25) is 0 Å². The standard InChI is InChI=1S/C12H20N4O/c1-7(2)13-12(17)9(4)15-11-6-8(3)14-10(5)16-11/h6-7,9H,1-5H3,(H,13,17)(H,14,15,16). The predicted molar refractivity (Wildman–Crippen MR) is 67.9 cm³/mol. The molecule has 1 amide bonds. The van der Waals surface area contributed by atoms with Gasteiger partial charge in [-0.15, -0.1) is 0 Å². The molecule has 5 heteroatoms. The van der Waals surface area contributed by atoms with Crippen LogP contribution < -0.4 is 10.6 Å². The summed E-state index contributed by atoms with van der Waals surface area (Å²) in [6.45, 7) is 9.41. The van der Waals surface area contributed by atoms with Crippen molar-refractivity contribution in [1.29, 1.82) is 0 Å². The van der Waals surface area contributed by atoms with Gasteiger partial charge in [0.2, 0.25) is 5.91 Å². The number of anilines is 1. The number of nitrogens with zero attached hydrogens (tertiary/aromatic N) is 2. The lowest BCUT2D eigenvalue weighted by atomic mass is 10.2. The summed E-state index contributed by atoms with van der Waals surface area (Å²) < 4.78 is 0. The number of hydrogen-bond donors (Lipinski definition) is 2. The van der Waals surface area contributed by atoms with Crippen molar-refractivity contribution in [3.8, 4) is 0 Å². The molecule has 0 saturated heterocycles. The number of nitrogens with one attached hydrogen (secondary N) is 2. The first-order valence-electron chi connectivity index (χ1n) is 5.77. The lowest BCUT2D eigenvalue weighted by molar-refractivity contribution is -0.122. The molecule has 1 rings (SSSR count). The van der Waals surface area contributed by atoms with Gasteiger partial charge in [-0.3, -0.25) is 4.79 Å². The Labute approximate surface area is 102 Å². The lowest BCUT2D eigenvalue weighted by Crippen LogP contribution is -2.41. The zero-order valence-corrected chi connectivity index (χ0v) is 11.0. The molecule has 0 spiro atoms. The molecule has 0 fully saturated rings. The van der Waals surface area contributed by atoms with Gasteiger partial charge in [-0.2, -0.15) is 0 Å². The molecule has 0 aliphatic carbocycles. The molecule has 94 valence electrons. The molecule has 1 aromatic rings. The van der Waals surface area contributed by atoms with Gasteiger partial charge >= 0.3 is 0 Å². The molecular weight excluding hydrogens is 216 g/mol. The Kier molecular flexibility index (Phi) is 4.43. The van der Waals surface area contributed by atoms with Gasteiger partial charge in [-0.1, -0.05) is 0 Å². The van der Waals surface area contributed by atoms with Crippen LogP contribution in [0.5, 0.6) is 0 Å². The minimum atomic E-state index is -0.314. The van der Waals surface area contributed by atoms with Crippen LogP contribution >= 0.6 is 0 Å². The molecule has 17 heavy (non-hydrogen) atoms. The summed E-state index contributed by atoms with van der Waals surface area (Å²) in [6.07, 6.45) is 0. The smallest absolute Gasteiger partial charge is 0.242 e. The van der Waals surface area contributed by atoms with Crippen LogP contribution in [0.15, 0.2) is 6.07 Å². The van der Waals surface area contributed by atoms with Crippen LogP contribution in [-0.2, 0) is 4.79 Å². The Morgan fingerprint density at radius 1 is 1.24 bits per heavy atom. The van der Waals surface area contributed by atoms with Crippen LogP contribution in [0.3, 0.4) is 0 Å². The van der Waals surface area contributed by atoms with Crippen molar-refractivity contribution in [3.05, 3.63) is 17.6 Å². The maximum atomic E-state index is 11.7. The second-order valence-electron chi connectivity index (χ2n) is 4.47. The summed E-state index contributed by atoms with van der Waals surface area (Å²) in [5.41, 5.74) is 0.886. The van der Waals surface area contributed by atoms with Gasteiger partial charge in [-0.25, -0.2) is 9.97 Å². The van der Waals surface area contributed by atoms with Crippen molar-refractivity contribution < 1.29 is 4.79 Å². The molecule has 0 aliphatic rings. The van der Waals surface area contributed by atoms with E-state index in [2.05, 4.69) is 20.6 Å². The van der Waals surface area contributed by atoms with Crippen LogP contribution in [0, 0.1) is 13.8 Å². The quantitative estimate of drug-likeness (QED) is 0.829. The molecule has 5 nitrogen and oxygen atoms in total. The Hall–Kier alpha value is -1.65. The molecule has 0 bridgehead atoms. The van der Waals surface area contributed by atoms with Crippen molar-refractivity contribution in [2.24, 2.45) is 0 Å². The van der Waals surface area contributed by atoms with Crippen LogP contribution in [0.4, 0.5) is 5.82 Å². The number of carbonyl (C=O) groups excluding carboxylic acids is 1. The van der Waals surface area contributed by atoms with Crippen molar-refractivity contribution in [2.45, 2.75) is 46.7 Å². The van der Waals surface area contributed by atoms with Gasteiger partial charge in [0.25, 0.3) is 0 Å². The van der Waals surface area contributed by atoms with E-state index in [1.807, 2.05) is 40.7 Å². The van der Waals surface area contributed by atoms with E-state index < -0.39 is 0 Å². The third-order valence-electron chi connectivity index (χ3n) is 2.15. The van der Waals surface area contributed by atoms with Gasteiger partial charge in [0, 0.05) is 17.8 Å². The zero-order valence-electron chi connectivity index (χ0n) is 11.0. The summed E-state index contributed by atoms with van der Waals surface area (Å²) in [6, 6.07) is 1.65. The zero-order chi connectivity index (χ0) is 13.0. The summed E-state index contributed by atoms with van der Waals surface area (Å²) in [4.78, 5) is 20.1. The van der Waals surface area contributed by atoms with Gasteiger partial charge < -0.3 is 10.6 Å². The van der Waals surface area contributed by atoms with E-state index in [-0.39, 0.29) is 18.0 Å². The highest BCUT2D eigenvalue weighted by Gasteiger charge is 2.14. The van der Waals surface area contributed by atoms with Gasteiger partial charge in [-0.05, 0) is 34.6 Å². The van der Waals surface area contributed by atoms with Crippen LogP contribution in [-0.4, -0.2) is 28.0 Å². The van der Waals surface area contributed by atoms with Gasteiger partial charge in [0.15, 0.2) is 0 Å². The average Bonchev–Trinajstić information content (AvgIpc) is 2.14. The van der Waals surface area contributed by atoms with Crippen molar-refractivity contribution in [1.82, 2.24) is 15.3 Å².